The van der Waals surface area contributed by atoms with Crippen LogP contribution in [0.15, 0.2) is 79.6 Å². The van der Waals surface area contributed by atoms with E-state index in [0.717, 1.165) is 52.4 Å². The van der Waals surface area contributed by atoms with E-state index < -0.39 is 0 Å². The van der Waals surface area contributed by atoms with Crippen LogP contribution in [0.5, 0.6) is 0 Å². The summed E-state index contributed by atoms with van der Waals surface area (Å²) < 4.78 is 3.83. The zero-order valence-electron chi connectivity index (χ0n) is 18.6. The van der Waals surface area contributed by atoms with Gasteiger partial charge in [0.15, 0.2) is 0 Å². The average Bonchev–Trinajstić information content (AvgIpc) is 3.53. The molecule has 0 unspecified atom stereocenters. The molecule has 4 aromatic heterocycles. The molecule has 164 valence electrons. The first-order valence-electron chi connectivity index (χ1n) is 10.9. The Balaban J connectivity index is 1.41. The number of nitrogens with zero attached hydrogens (tertiary/aromatic N) is 7. The fraction of sp³-hybridized carbons (Fsp3) is 0.160. The standard InChI is InChI=1S/C25H24N8/c1-3-32-16-20(15-28-32)18-7-9-21(10-8-18)29-25-27-13-11-23(30-25)22-17-33(4-2)31-24(22)19-6-5-12-26-14-19/h5-17H,3-4H2,1-2H3,(H,27,29,30). The van der Waals surface area contributed by atoms with Gasteiger partial charge in [-0.3, -0.25) is 14.3 Å². The van der Waals surface area contributed by atoms with Crippen molar-refractivity contribution in [3.8, 4) is 33.6 Å². The average molecular weight is 437 g/mol. The molecular formula is C25H24N8. The summed E-state index contributed by atoms with van der Waals surface area (Å²) in [5.41, 5.74) is 6.67. The molecule has 0 amide bonds. The minimum absolute atomic E-state index is 0.528. The van der Waals surface area contributed by atoms with Gasteiger partial charge in [0, 0.05) is 66.5 Å². The third kappa shape index (κ3) is 4.36. The second-order valence-corrected chi connectivity index (χ2v) is 7.54. The molecule has 8 nitrogen and oxygen atoms in total. The van der Waals surface area contributed by atoms with Gasteiger partial charge in [-0.1, -0.05) is 12.1 Å². The van der Waals surface area contributed by atoms with Crippen LogP contribution in [-0.4, -0.2) is 34.5 Å². The van der Waals surface area contributed by atoms with Crippen molar-refractivity contribution in [2.75, 3.05) is 5.32 Å². The van der Waals surface area contributed by atoms with Crippen molar-refractivity contribution in [2.45, 2.75) is 26.9 Å². The van der Waals surface area contributed by atoms with E-state index >= 15 is 0 Å². The van der Waals surface area contributed by atoms with E-state index in [1.165, 1.54) is 0 Å². The minimum Gasteiger partial charge on any atom is -0.324 e. The largest absolute Gasteiger partial charge is 0.324 e. The maximum absolute atomic E-state index is 4.76. The van der Waals surface area contributed by atoms with E-state index in [1.54, 1.807) is 12.4 Å². The van der Waals surface area contributed by atoms with Crippen LogP contribution in [0.4, 0.5) is 11.6 Å². The molecule has 5 aromatic rings. The van der Waals surface area contributed by atoms with E-state index in [9.17, 15) is 0 Å². The number of aromatic nitrogens is 7. The Morgan fingerprint density at radius 3 is 2.39 bits per heavy atom. The molecule has 0 fully saturated rings. The SMILES string of the molecule is CCn1cc(-c2ccc(Nc3nccc(-c4cn(CC)nc4-c4cccnc4)n3)cc2)cn1. The summed E-state index contributed by atoms with van der Waals surface area (Å²) in [5, 5.41) is 12.4. The summed E-state index contributed by atoms with van der Waals surface area (Å²) in [6.07, 6.45) is 11.3. The highest BCUT2D eigenvalue weighted by Gasteiger charge is 2.15. The molecule has 0 aliphatic heterocycles. The Morgan fingerprint density at radius 1 is 0.818 bits per heavy atom. The molecule has 0 bridgehead atoms. The van der Waals surface area contributed by atoms with E-state index in [-0.39, 0.29) is 0 Å². The third-order valence-corrected chi connectivity index (χ3v) is 5.38. The van der Waals surface area contributed by atoms with Crippen LogP contribution in [0.1, 0.15) is 13.8 Å². The summed E-state index contributed by atoms with van der Waals surface area (Å²) in [7, 11) is 0. The fourth-order valence-corrected chi connectivity index (χ4v) is 3.62. The highest BCUT2D eigenvalue weighted by molar-refractivity contribution is 5.78. The lowest BCUT2D eigenvalue weighted by Gasteiger charge is -2.07. The number of pyridine rings is 1. The van der Waals surface area contributed by atoms with Crippen LogP contribution in [0.25, 0.3) is 33.6 Å². The summed E-state index contributed by atoms with van der Waals surface area (Å²) in [4.78, 5) is 13.4. The van der Waals surface area contributed by atoms with Crippen molar-refractivity contribution in [2.24, 2.45) is 0 Å². The van der Waals surface area contributed by atoms with Crippen LogP contribution < -0.4 is 5.32 Å². The predicted octanol–water partition coefficient (Wildman–Crippen LogP) is 5.05. The number of benzene rings is 1. The molecule has 0 atom stereocenters. The highest BCUT2D eigenvalue weighted by atomic mass is 15.3. The van der Waals surface area contributed by atoms with Gasteiger partial charge in [-0.25, -0.2) is 9.97 Å². The van der Waals surface area contributed by atoms with E-state index in [4.69, 9.17) is 10.1 Å². The van der Waals surface area contributed by atoms with Crippen molar-refractivity contribution in [1.29, 1.82) is 0 Å². The van der Waals surface area contributed by atoms with Crippen molar-refractivity contribution < 1.29 is 0 Å². The molecule has 1 aromatic carbocycles. The van der Waals surface area contributed by atoms with Gasteiger partial charge >= 0.3 is 0 Å². The number of aryl methyl sites for hydroxylation is 2. The topological polar surface area (TPSA) is 86.3 Å². The Bertz CT molecular complexity index is 1350. The Kier molecular flexibility index (Phi) is 5.63. The fourth-order valence-electron chi connectivity index (χ4n) is 3.62. The zero-order valence-corrected chi connectivity index (χ0v) is 18.6. The van der Waals surface area contributed by atoms with Gasteiger partial charge in [0.25, 0.3) is 0 Å². The maximum atomic E-state index is 4.76. The second kappa shape index (κ2) is 9.04. The van der Waals surface area contributed by atoms with Gasteiger partial charge in [-0.2, -0.15) is 10.2 Å². The van der Waals surface area contributed by atoms with Crippen molar-refractivity contribution in [3.05, 3.63) is 79.6 Å². The molecule has 0 saturated heterocycles. The normalized spacial score (nSPS) is 11.0. The van der Waals surface area contributed by atoms with Crippen LogP contribution in [0, 0.1) is 0 Å². The van der Waals surface area contributed by atoms with Gasteiger partial charge in [0.05, 0.1) is 11.9 Å². The quantitative estimate of drug-likeness (QED) is 0.384. The smallest absolute Gasteiger partial charge is 0.227 e. The molecule has 0 saturated carbocycles. The number of anilines is 2. The van der Waals surface area contributed by atoms with Gasteiger partial charge < -0.3 is 5.32 Å². The zero-order chi connectivity index (χ0) is 22.6. The van der Waals surface area contributed by atoms with Crippen molar-refractivity contribution in [1.82, 2.24) is 34.5 Å². The van der Waals surface area contributed by atoms with Crippen molar-refractivity contribution in [3.63, 3.8) is 0 Å². The lowest BCUT2D eigenvalue weighted by molar-refractivity contribution is 0.660. The van der Waals surface area contributed by atoms with Gasteiger partial charge in [0.1, 0.15) is 5.69 Å². The molecule has 1 N–H and O–H groups in total. The molecule has 33 heavy (non-hydrogen) atoms. The first-order valence-corrected chi connectivity index (χ1v) is 10.9. The van der Waals surface area contributed by atoms with E-state index in [2.05, 4.69) is 46.4 Å². The first kappa shape index (κ1) is 20.6. The molecule has 8 heteroatoms. The number of rotatable bonds is 7. The van der Waals surface area contributed by atoms with Gasteiger partial charge in [0.2, 0.25) is 5.95 Å². The molecule has 0 aliphatic carbocycles. The summed E-state index contributed by atoms with van der Waals surface area (Å²) in [5.74, 6) is 0.528. The van der Waals surface area contributed by atoms with Crippen LogP contribution in [0.2, 0.25) is 0 Å². The highest BCUT2D eigenvalue weighted by Crippen LogP contribution is 2.30. The minimum atomic E-state index is 0.528. The van der Waals surface area contributed by atoms with Gasteiger partial charge in [-0.05, 0) is 49.7 Å². The molecule has 4 heterocycles. The van der Waals surface area contributed by atoms with E-state index in [1.807, 2.05) is 64.5 Å². The molecule has 0 aliphatic rings. The molecule has 0 radical (unpaired) electrons. The van der Waals surface area contributed by atoms with Crippen LogP contribution >= 0.6 is 0 Å². The maximum Gasteiger partial charge on any atom is 0.227 e. The Morgan fingerprint density at radius 2 is 1.67 bits per heavy atom. The third-order valence-electron chi connectivity index (χ3n) is 5.38. The Hall–Kier alpha value is -4.33. The summed E-state index contributed by atoms with van der Waals surface area (Å²) >= 11 is 0. The number of hydrogen-bond acceptors (Lipinski definition) is 6. The van der Waals surface area contributed by atoms with Crippen molar-refractivity contribution >= 4 is 11.6 Å². The van der Waals surface area contributed by atoms with Crippen LogP contribution in [-0.2, 0) is 13.1 Å². The predicted molar refractivity (Wildman–Crippen MR) is 129 cm³/mol. The number of nitrogens with one attached hydrogen (secondary N) is 1. The lowest BCUT2D eigenvalue weighted by Crippen LogP contribution is -1.98. The Labute approximate surface area is 192 Å². The summed E-state index contributed by atoms with van der Waals surface area (Å²) in [6, 6.07) is 14.0. The second-order valence-electron chi connectivity index (χ2n) is 7.54. The molecule has 5 rings (SSSR count). The molecular weight excluding hydrogens is 412 g/mol. The number of hydrogen-bond donors (Lipinski definition) is 1. The molecule has 0 spiro atoms. The summed E-state index contributed by atoms with van der Waals surface area (Å²) in [6.45, 7) is 5.76. The van der Waals surface area contributed by atoms with E-state index in [0.29, 0.717) is 5.95 Å². The first-order chi connectivity index (χ1) is 16.2. The van der Waals surface area contributed by atoms with Gasteiger partial charge in [-0.15, -0.1) is 0 Å². The lowest BCUT2D eigenvalue weighted by atomic mass is 10.1. The van der Waals surface area contributed by atoms with Crippen LogP contribution in [0.3, 0.4) is 0 Å². The monoisotopic (exact) mass is 436 g/mol.